The predicted octanol–water partition coefficient (Wildman–Crippen LogP) is 1.09. The van der Waals surface area contributed by atoms with Crippen molar-refractivity contribution in [3.63, 3.8) is 0 Å². The molecule has 1 unspecified atom stereocenters. The van der Waals surface area contributed by atoms with Crippen LogP contribution in [0.5, 0.6) is 0 Å². The van der Waals surface area contributed by atoms with Gasteiger partial charge in [0.2, 0.25) is 5.91 Å². The van der Waals surface area contributed by atoms with Gasteiger partial charge in [-0.25, -0.2) is 4.79 Å². The Morgan fingerprint density at radius 3 is 2.61 bits per heavy atom. The molecular weight excluding hydrogens is 232 g/mol. The molecule has 0 aromatic rings. The zero-order valence-corrected chi connectivity index (χ0v) is 11.5. The molecule has 3 atom stereocenters. The molecule has 1 amide bonds. The molecule has 1 rings (SSSR count). The van der Waals surface area contributed by atoms with Crippen LogP contribution < -0.4 is 5.32 Å². The first-order valence-electron chi connectivity index (χ1n) is 6.69. The summed E-state index contributed by atoms with van der Waals surface area (Å²) in [7, 11) is 1.60. The summed E-state index contributed by atoms with van der Waals surface area (Å²) in [5, 5.41) is 12.5. The minimum absolute atomic E-state index is 0.0343. The van der Waals surface area contributed by atoms with Crippen LogP contribution in [0, 0.1) is 5.92 Å². The molecule has 0 radical (unpaired) electrons. The van der Waals surface area contributed by atoms with E-state index in [4.69, 9.17) is 0 Å². The van der Waals surface area contributed by atoms with E-state index in [9.17, 15) is 14.7 Å². The minimum Gasteiger partial charge on any atom is -0.480 e. The Morgan fingerprint density at radius 2 is 2.17 bits per heavy atom. The lowest BCUT2D eigenvalue weighted by atomic mass is 9.97. The molecule has 1 heterocycles. The summed E-state index contributed by atoms with van der Waals surface area (Å²) in [5.41, 5.74) is 0. The Balaban J connectivity index is 2.60. The molecule has 0 aromatic heterocycles. The lowest BCUT2D eigenvalue weighted by Gasteiger charge is -2.30. The summed E-state index contributed by atoms with van der Waals surface area (Å²) >= 11 is 0. The number of aliphatic carboxylic acids is 1. The number of rotatable bonds is 6. The van der Waals surface area contributed by atoms with Crippen molar-refractivity contribution in [2.24, 2.45) is 5.92 Å². The van der Waals surface area contributed by atoms with E-state index < -0.39 is 12.0 Å². The molecule has 0 aliphatic carbocycles. The minimum atomic E-state index is -0.917. The van der Waals surface area contributed by atoms with Gasteiger partial charge >= 0.3 is 5.97 Å². The molecule has 5 heteroatoms. The van der Waals surface area contributed by atoms with E-state index >= 15 is 0 Å². The first kappa shape index (κ1) is 15.0. The van der Waals surface area contributed by atoms with Crippen LogP contribution in [0.15, 0.2) is 0 Å². The van der Waals surface area contributed by atoms with E-state index in [2.05, 4.69) is 5.32 Å². The van der Waals surface area contributed by atoms with E-state index in [1.807, 2.05) is 13.8 Å². The van der Waals surface area contributed by atoms with Crippen LogP contribution in [0.4, 0.5) is 0 Å². The van der Waals surface area contributed by atoms with Crippen molar-refractivity contribution in [3.05, 3.63) is 0 Å². The van der Waals surface area contributed by atoms with Gasteiger partial charge in [0, 0.05) is 19.5 Å². The van der Waals surface area contributed by atoms with Crippen LogP contribution in [0.25, 0.3) is 0 Å². The van der Waals surface area contributed by atoms with Gasteiger partial charge in [0.15, 0.2) is 0 Å². The van der Waals surface area contributed by atoms with Crippen molar-refractivity contribution in [1.29, 1.82) is 0 Å². The van der Waals surface area contributed by atoms with Crippen molar-refractivity contribution in [1.82, 2.24) is 10.2 Å². The number of nitrogens with zero attached hydrogens (tertiary/aromatic N) is 1. The number of hydrogen-bond donors (Lipinski definition) is 2. The van der Waals surface area contributed by atoms with E-state index in [0.29, 0.717) is 6.42 Å². The van der Waals surface area contributed by atoms with E-state index in [-0.39, 0.29) is 17.9 Å². The Kier molecular flexibility index (Phi) is 5.59. The summed E-state index contributed by atoms with van der Waals surface area (Å²) in [6, 6.07) is -0.504. The fraction of sp³-hybridized carbons (Fsp3) is 0.846. The molecular formula is C13H24N2O3. The van der Waals surface area contributed by atoms with Crippen LogP contribution in [-0.2, 0) is 9.59 Å². The first-order valence-corrected chi connectivity index (χ1v) is 6.69. The van der Waals surface area contributed by atoms with Crippen molar-refractivity contribution in [2.45, 2.75) is 51.6 Å². The van der Waals surface area contributed by atoms with Crippen LogP contribution in [-0.4, -0.2) is 47.6 Å². The largest absolute Gasteiger partial charge is 0.480 e. The molecule has 1 fully saturated rings. The van der Waals surface area contributed by atoms with Crippen LogP contribution in [0.2, 0.25) is 0 Å². The van der Waals surface area contributed by atoms with Crippen LogP contribution in [0.3, 0.4) is 0 Å². The summed E-state index contributed by atoms with van der Waals surface area (Å²) in [5.74, 6) is -1.03. The zero-order valence-electron chi connectivity index (χ0n) is 11.5. The average molecular weight is 256 g/mol. The predicted molar refractivity (Wildman–Crippen MR) is 69.3 cm³/mol. The highest BCUT2D eigenvalue weighted by Gasteiger charge is 2.32. The van der Waals surface area contributed by atoms with Gasteiger partial charge in [-0.2, -0.15) is 0 Å². The van der Waals surface area contributed by atoms with Crippen molar-refractivity contribution < 1.29 is 14.7 Å². The van der Waals surface area contributed by atoms with Crippen molar-refractivity contribution in [2.75, 3.05) is 13.6 Å². The van der Waals surface area contributed by atoms with Gasteiger partial charge in [0.1, 0.15) is 6.04 Å². The number of carbonyl (C=O) groups excluding carboxylic acids is 1. The van der Waals surface area contributed by atoms with E-state index in [1.165, 1.54) is 4.90 Å². The SMILES string of the molecule is CC[C@H](C)[C@@H](C(=O)O)N(C)C(=O)CC1CCCN1. The Morgan fingerprint density at radius 1 is 1.50 bits per heavy atom. The monoisotopic (exact) mass is 256 g/mol. The Hall–Kier alpha value is -1.10. The lowest BCUT2D eigenvalue weighted by Crippen LogP contribution is -2.47. The summed E-state index contributed by atoms with van der Waals surface area (Å²) in [6.07, 6.45) is 3.24. The maximum atomic E-state index is 12.1. The zero-order chi connectivity index (χ0) is 13.7. The molecule has 0 spiro atoms. The van der Waals surface area contributed by atoms with Gasteiger partial charge in [0.25, 0.3) is 0 Å². The normalized spacial score (nSPS) is 22.5. The number of carboxylic acid groups (broad SMARTS) is 1. The third kappa shape index (κ3) is 3.70. The molecule has 2 N–H and O–H groups in total. The molecule has 0 bridgehead atoms. The van der Waals surface area contributed by atoms with Gasteiger partial charge < -0.3 is 15.3 Å². The molecule has 5 nitrogen and oxygen atoms in total. The highest BCUT2D eigenvalue weighted by atomic mass is 16.4. The second kappa shape index (κ2) is 6.73. The fourth-order valence-corrected chi connectivity index (χ4v) is 2.45. The third-order valence-corrected chi connectivity index (χ3v) is 3.83. The fourth-order valence-electron chi connectivity index (χ4n) is 2.45. The number of amides is 1. The van der Waals surface area contributed by atoms with E-state index in [0.717, 1.165) is 25.8 Å². The van der Waals surface area contributed by atoms with Gasteiger partial charge in [0.05, 0.1) is 0 Å². The standard InChI is InChI=1S/C13H24N2O3/c1-4-9(2)12(13(17)18)15(3)11(16)8-10-6-5-7-14-10/h9-10,12,14H,4-8H2,1-3H3,(H,17,18)/t9-,10?,12-/m0/s1. The van der Waals surface area contributed by atoms with Gasteiger partial charge in [-0.15, -0.1) is 0 Å². The van der Waals surface area contributed by atoms with Crippen molar-refractivity contribution in [3.8, 4) is 0 Å². The summed E-state index contributed by atoms with van der Waals surface area (Å²) in [4.78, 5) is 24.8. The third-order valence-electron chi connectivity index (χ3n) is 3.83. The smallest absolute Gasteiger partial charge is 0.326 e. The van der Waals surface area contributed by atoms with Gasteiger partial charge in [-0.05, 0) is 25.3 Å². The second-order valence-corrected chi connectivity index (χ2v) is 5.17. The molecule has 1 aliphatic heterocycles. The topological polar surface area (TPSA) is 69.6 Å². The summed E-state index contributed by atoms with van der Waals surface area (Å²) < 4.78 is 0. The van der Waals surface area contributed by atoms with Gasteiger partial charge in [-0.3, -0.25) is 4.79 Å². The number of hydrogen-bond acceptors (Lipinski definition) is 3. The quantitative estimate of drug-likeness (QED) is 0.746. The number of carboxylic acids is 1. The highest BCUT2D eigenvalue weighted by molar-refractivity contribution is 5.84. The van der Waals surface area contributed by atoms with Crippen LogP contribution in [0.1, 0.15) is 39.5 Å². The van der Waals surface area contributed by atoms with Gasteiger partial charge in [-0.1, -0.05) is 20.3 Å². The van der Waals surface area contributed by atoms with E-state index in [1.54, 1.807) is 7.05 Å². The Bertz CT molecular complexity index is 301. The maximum absolute atomic E-state index is 12.1. The molecule has 1 saturated heterocycles. The molecule has 18 heavy (non-hydrogen) atoms. The molecule has 1 aliphatic rings. The number of nitrogens with one attached hydrogen (secondary N) is 1. The first-order chi connectivity index (χ1) is 8.47. The lowest BCUT2D eigenvalue weighted by molar-refractivity contribution is -0.151. The van der Waals surface area contributed by atoms with Crippen LogP contribution >= 0.6 is 0 Å². The highest BCUT2D eigenvalue weighted by Crippen LogP contribution is 2.17. The molecule has 0 aromatic carbocycles. The summed E-state index contributed by atoms with van der Waals surface area (Å²) in [6.45, 7) is 4.77. The van der Waals surface area contributed by atoms with Crippen molar-refractivity contribution >= 4 is 11.9 Å². The average Bonchev–Trinajstić information content (AvgIpc) is 2.81. The number of carbonyl (C=O) groups is 2. The molecule has 0 saturated carbocycles. The maximum Gasteiger partial charge on any atom is 0.326 e. The molecule has 104 valence electrons. The second-order valence-electron chi connectivity index (χ2n) is 5.17. The number of likely N-dealkylation sites (N-methyl/N-ethyl adjacent to an activating group) is 1. The Labute approximate surface area is 109 Å².